The highest BCUT2D eigenvalue weighted by molar-refractivity contribution is 6.64. The molecule has 0 radical (unpaired) electrons. The number of hydrogen-bond donors (Lipinski definition) is 0. The third-order valence-corrected chi connectivity index (χ3v) is 8.93. The fourth-order valence-electron chi connectivity index (χ4n) is 1.27. The van der Waals surface area contributed by atoms with E-state index >= 15 is 0 Å². The zero-order valence-corrected chi connectivity index (χ0v) is 14.3. The SMILES string of the molecule is C(=C\[SiH]1O[SiH2]O[SiH2]O[SiH2]O1)/c1ccccc1. The van der Waals surface area contributed by atoms with E-state index in [0.29, 0.717) is 0 Å². The average molecular weight is 287 g/mol. The van der Waals surface area contributed by atoms with Gasteiger partial charge in [-0.1, -0.05) is 36.4 Å². The van der Waals surface area contributed by atoms with Crippen LogP contribution in [-0.4, -0.2) is 39.3 Å². The van der Waals surface area contributed by atoms with E-state index in [-0.39, 0.29) is 0 Å². The Hall–Kier alpha value is -0.332. The Balaban J connectivity index is 1.89. The lowest BCUT2D eigenvalue weighted by Crippen LogP contribution is -2.31. The monoisotopic (exact) mass is 286 g/mol. The van der Waals surface area contributed by atoms with Crippen LogP contribution >= 0.6 is 0 Å². The van der Waals surface area contributed by atoms with Gasteiger partial charge in [0.2, 0.25) is 0 Å². The molecule has 1 aliphatic heterocycles. The standard InChI is InChI=1S/C8H14O4Si4/c1-2-4-8(5-3-1)6-7-16-11-14-9-13-10-15-12-16/h1-7,16H,13-15H2/b7-6+. The first-order chi connectivity index (χ1) is 7.95. The lowest BCUT2D eigenvalue weighted by molar-refractivity contribution is 0.336. The zero-order chi connectivity index (χ0) is 11.1. The van der Waals surface area contributed by atoms with Crippen molar-refractivity contribution in [2.24, 2.45) is 0 Å². The van der Waals surface area contributed by atoms with E-state index in [1.54, 1.807) is 0 Å². The maximum absolute atomic E-state index is 5.64. The van der Waals surface area contributed by atoms with Gasteiger partial charge in [-0.25, -0.2) is 0 Å². The summed E-state index contributed by atoms with van der Waals surface area (Å²) in [5.41, 5.74) is 3.22. The molecule has 0 atom stereocenters. The minimum absolute atomic E-state index is 0.764. The molecule has 0 amide bonds. The molecule has 1 fully saturated rings. The molecule has 0 N–H and O–H groups in total. The third kappa shape index (κ3) is 4.27. The molecule has 0 unspecified atom stereocenters. The van der Waals surface area contributed by atoms with Gasteiger partial charge in [0.15, 0.2) is 0 Å². The molecule has 1 aliphatic rings. The Morgan fingerprint density at radius 1 is 0.938 bits per heavy atom. The third-order valence-electron chi connectivity index (χ3n) is 2.04. The molecule has 0 aliphatic carbocycles. The van der Waals surface area contributed by atoms with Crippen LogP contribution in [0.25, 0.3) is 6.08 Å². The second-order valence-electron chi connectivity index (χ2n) is 3.23. The Morgan fingerprint density at radius 3 is 2.31 bits per heavy atom. The fraction of sp³-hybridized carbons (Fsp3) is 0. The first-order valence-corrected chi connectivity index (χ1v) is 10.1. The van der Waals surface area contributed by atoms with Crippen molar-refractivity contribution in [1.82, 2.24) is 0 Å². The maximum atomic E-state index is 5.64. The maximum Gasteiger partial charge on any atom is 0.330 e. The van der Waals surface area contributed by atoms with Crippen molar-refractivity contribution in [3.8, 4) is 0 Å². The molecule has 0 aromatic heterocycles. The Labute approximate surface area is 104 Å². The van der Waals surface area contributed by atoms with Crippen LogP contribution in [0.15, 0.2) is 36.0 Å². The van der Waals surface area contributed by atoms with Gasteiger partial charge in [-0.2, -0.15) is 0 Å². The highest BCUT2D eigenvalue weighted by Crippen LogP contribution is 2.03. The summed E-state index contributed by atoms with van der Waals surface area (Å²) in [4.78, 5) is 0. The average Bonchev–Trinajstić information content (AvgIpc) is 2.29. The second-order valence-corrected chi connectivity index (χ2v) is 11.0. The van der Waals surface area contributed by atoms with E-state index in [0.717, 1.165) is 0 Å². The molecule has 86 valence electrons. The highest BCUT2D eigenvalue weighted by atomic mass is 28.4. The van der Waals surface area contributed by atoms with Crippen LogP contribution in [-0.2, 0) is 16.5 Å². The molecular weight excluding hydrogens is 272 g/mol. The van der Waals surface area contributed by atoms with Gasteiger partial charge in [-0.3, -0.25) is 0 Å². The summed E-state index contributed by atoms with van der Waals surface area (Å²) in [6.07, 6.45) is 2.05. The zero-order valence-electron chi connectivity index (χ0n) is 8.87. The quantitative estimate of drug-likeness (QED) is 0.623. The smallest absolute Gasteiger partial charge is 0.330 e. The molecule has 1 aromatic carbocycles. The van der Waals surface area contributed by atoms with E-state index < -0.39 is 39.3 Å². The Morgan fingerprint density at radius 2 is 1.62 bits per heavy atom. The van der Waals surface area contributed by atoms with Crippen LogP contribution in [0.3, 0.4) is 0 Å². The molecule has 1 saturated heterocycles. The van der Waals surface area contributed by atoms with Gasteiger partial charge in [0, 0.05) is 0 Å². The predicted octanol–water partition coefficient (Wildman–Crippen LogP) is -1.46. The van der Waals surface area contributed by atoms with Crippen molar-refractivity contribution in [2.75, 3.05) is 0 Å². The summed E-state index contributed by atoms with van der Waals surface area (Å²) in [7, 11) is -4.12. The van der Waals surface area contributed by atoms with Gasteiger partial charge >= 0.3 is 9.28 Å². The molecule has 4 nitrogen and oxygen atoms in total. The lowest BCUT2D eigenvalue weighted by Gasteiger charge is -2.17. The first kappa shape index (κ1) is 12.1. The van der Waals surface area contributed by atoms with Crippen LogP contribution in [0.2, 0.25) is 0 Å². The largest absolute Gasteiger partial charge is 0.425 e. The molecule has 8 heteroatoms. The second kappa shape index (κ2) is 7.08. The van der Waals surface area contributed by atoms with Crippen LogP contribution in [0, 0.1) is 0 Å². The van der Waals surface area contributed by atoms with Crippen molar-refractivity contribution in [3.05, 3.63) is 41.6 Å². The van der Waals surface area contributed by atoms with Gasteiger partial charge in [0.1, 0.15) is 0 Å². The Kier molecular flexibility index (Phi) is 5.37. The van der Waals surface area contributed by atoms with Crippen molar-refractivity contribution in [3.63, 3.8) is 0 Å². The van der Waals surface area contributed by atoms with Crippen molar-refractivity contribution < 1.29 is 16.5 Å². The van der Waals surface area contributed by atoms with Crippen molar-refractivity contribution in [1.29, 1.82) is 0 Å². The van der Waals surface area contributed by atoms with Gasteiger partial charge in [-0.05, 0) is 11.3 Å². The lowest BCUT2D eigenvalue weighted by atomic mass is 10.2. The summed E-state index contributed by atoms with van der Waals surface area (Å²) in [5, 5.41) is 0. The molecular formula is C8H14O4Si4. The molecule has 0 saturated carbocycles. The molecule has 16 heavy (non-hydrogen) atoms. The van der Waals surface area contributed by atoms with Crippen molar-refractivity contribution in [2.45, 2.75) is 0 Å². The van der Waals surface area contributed by atoms with Gasteiger partial charge in [-0.15, -0.1) is 0 Å². The van der Waals surface area contributed by atoms with E-state index in [1.807, 2.05) is 18.2 Å². The molecule has 0 spiro atoms. The van der Waals surface area contributed by atoms with E-state index in [1.165, 1.54) is 5.56 Å². The van der Waals surface area contributed by atoms with Crippen LogP contribution in [0.4, 0.5) is 0 Å². The summed E-state index contributed by atoms with van der Waals surface area (Å²) in [6.45, 7) is 0. The predicted molar refractivity (Wildman–Crippen MR) is 72.6 cm³/mol. The summed E-state index contributed by atoms with van der Waals surface area (Å²) in [6, 6.07) is 10.2. The molecule has 0 bridgehead atoms. The minimum Gasteiger partial charge on any atom is -0.425 e. The molecule has 1 heterocycles. The number of benzene rings is 1. The van der Waals surface area contributed by atoms with E-state index in [2.05, 4.69) is 23.9 Å². The summed E-state index contributed by atoms with van der Waals surface area (Å²) < 4.78 is 22.0. The summed E-state index contributed by atoms with van der Waals surface area (Å²) >= 11 is 0. The van der Waals surface area contributed by atoms with Crippen LogP contribution in [0.5, 0.6) is 0 Å². The van der Waals surface area contributed by atoms with Gasteiger partial charge < -0.3 is 16.5 Å². The Bertz CT molecular complexity index is 326. The number of rotatable bonds is 2. The van der Waals surface area contributed by atoms with E-state index in [9.17, 15) is 0 Å². The normalized spacial score (nSPS) is 27.4. The van der Waals surface area contributed by atoms with Gasteiger partial charge in [0.25, 0.3) is 30.0 Å². The van der Waals surface area contributed by atoms with Gasteiger partial charge in [0.05, 0.1) is 0 Å². The first-order valence-electron chi connectivity index (χ1n) is 5.07. The van der Waals surface area contributed by atoms with Crippen LogP contribution < -0.4 is 0 Å². The minimum atomic E-state index is -1.65. The molecule has 2 rings (SSSR count). The van der Waals surface area contributed by atoms with Crippen molar-refractivity contribution >= 4 is 45.4 Å². The number of hydrogen-bond acceptors (Lipinski definition) is 4. The van der Waals surface area contributed by atoms with E-state index in [4.69, 9.17) is 16.5 Å². The highest BCUT2D eigenvalue weighted by Gasteiger charge is 2.11. The fourth-order valence-corrected chi connectivity index (χ4v) is 9.44. The molecule has 1 aromatic rings. The topological polar surface area (TPSA) is 36.9 Å². The van der Waals surface area contributed by atoms with Crippen LogP contribution in [0.1, 0.15) is 5.56 Å². The summed E-state index contributed by atoms with van der Waals surface area (Å²) in [5.74, 6) is 0.